The third-order valence-electron chi connectivity index (χ3n) is 5.34. The number of piperidine rings is 1. The SMILES string of the molecule is Cc1ccc2nc(N3CCCCC3)c(/C=C3/SC(=S)N(CC(C)C)C3=O)c(=O)n2c1. The van der Waals surface area contributed by atoms with Gasteiger partial charge < -0.3 is 4.90 Å². The number of fused-ring (bicyclic) bond motifs is 1. The van der Waals surface area contributed by atoms with Crippen LogP contribution in [-0.4, -0.2) is 44.1 Å². The smallest absolute Gasteiger partial charge is 0.267 e. The first-order valence-electron chi connectivity index (χ1n) is 10.4. The van der Waals surface area contributed by atoms with Crippen LogP contribution in [0.25, 0.3) is 11.7 Å². The van der Waals surface area contributed by atoms with E-state index in [0.717, 1.165) is 31.5 Å². The summed E-state index contributed by atoms with van der Waals surface area (Å²) in [6.45, 7) is 8.36. The summed E-state index contributed by atoms with van der Waals surface area (Å²) in [5.74, 6) is 0.849. The van der Waals surface area contributed by atoms with Gasteiger partial charge >= 0.3 is 0 Å². The Morgan fingerprint density at radius 2 is 1.93 bits per heavy atom. The van der Waals surface area contributed by atoms with E-state index in [2.05, 4.69) is 18.7 Å². The fourth-order valence-corrected chi connectivity index (χ4v) is 5.13. The van der Waals surface area contributed by atoms with Crippen molar-refractivity contribution in [3.63, 3.8) is 0 Å². The summed E-state index contributed by atoms with van der Waals surface area (Å²) in [6.07, 6.45) is 6.83. The molecule has 0 saturated carbocycles. The van der Waals surface area contributed by atoms with Crippen LogP contribution in [0.2, 0.25) is 0 Å². The maximum atomic E-state index is 13.5. The van der Waals surface area contributed by atoms with E-state index in [1.54, 1.807) is 21.6 Å². The number of thioether (sulfide) groups is 1. The molecule has 2 aromatic heterocycles. The Kier molecular flexibility index (Phi) is 5.97. The molecule has 0 N–H and O–H groups in total. The topological polar surface area (TPSA) is 57.9 Å². The van der Waals surface area contributed by atoms with Crippen molar-refractivity contribution in [2.24, 2.45) is 5.92 Å². The van der Waals surface area contributed by atoms with E-state index in [0.29, 0.717) is 38.7 Å². The second-order valence-corrected chi connectivity index (χ2v) is 10.00. The van der Waals surface area contributed by atoms with Crippen molar-refractivity contribution in [3.8, 4) is 0 Å². The molecule has 2 aliphatic heterocycles. The average Bonchev–Trinajstić information content (AvgIpc) is 2.98. The van der Waals surface area contributed by atoms with Crippen molar-refractivity contribution in [3.05, 3.63) is 44.7 Å². The molecule has 8 heteroatoms. The molecule has 0 spiro atoms. The molecule has 4 rings (SSSR count). The zero-order valence-electron chi connectivity index (χ0n) is 17.6. The predicted molar refractivity (Wildman–Crippen MR) is 127 cm³/mol. The van der Waals surface area contributed by atoms with Crippen molar-refractivity contribution in [2.75, 3.05) is 24.5 Å². The average molecular weight is 443 g/mol. The molecule has 0 aromatic carbocycles. The third kappa shape index (κ3) is 4.03. The maximum Gasteiger partial charge on any atom is 0.267 e. The molecule has 0 bridgehead atoms. The van der Waals surface area contributed by atoms with Crippen molar-refractivity contribution in [1.82, 2.24) is 14.3 Å². The van der Waals surface area contributed by atoms with Crippen molar-refractivity contribution in [2.45, 2.75) is 40.0 Å². The largest absolute Gasteiger partial charge is 0.356 e. The first-order chi connectivity index (χ1) is 14.3. The highest BCUT2D eigenvalue weighted by molar-refractivity contribution is 8.26. The predicted octanol–water partition coefficient (Wildman–Crippen LogP) is 3.85. The van der Waals surface area contributed by atoms with Gasteiger partial charge in [0, 0.05) is 25.8 Å². The number of amides is 1. The van der Waals surface area contributed by atoms with Gasteiger partial charge in [0.1, 0.15) is 15.8 Å². The van der Waals surface area contributed by atoms with Crippen LogP contribution in [0.4, 0.5) is 5.82 Å². The zero-order chi connectivity index (χ0) is 21.4. The molecule has 0 atom stereocenters. The standard InChI is InChI=1S/C22H26N4O2S2/c1-14(2)12-26-21(28)17(30-22(26)29)11-16-19(24-9-5-4-6-10-24)23-18-8-7-15(3)13-25(18)20(16)27/h7-8,11,13-14H,4-6,9-10,12H2,1-3H3/b17-11+. The summed E-state index contributed by atoms with van der Waals surface area (Å²) in [5, 5.41) is 0. The van der Waals surface area contributed by atoms with Gasteiger partial charge in [-0.1, -0.05) is 43.9 Å². The second-order valence-electron chi connectivity index (χ2n) is 8.32. The van der Waals surface area contributed by atoms with E-state index in [9.17, 15) is 9.59 Å². The summed E-state index contributed by atoms with van der Waals surface area (Å²) in [6, 6.07) is 3.83. The first kappa shape index (κ1) is 21.1. The molecule has 2 aliphatic rings. The Hall–Kier alpha value is -2.19. The van der Waals surface area contributed by atoms with Gasteiger partial charge in [0.25, 0.3) is 11.5 Å². The van der Waals surface area contributed by atoms with Crippen LogP contribution in [0.5, 0.6) is 0 Å². The lowest BCUT2D eigenvalue weighted by Gasteiger charge is -2.29. The van der Waals surface area contributed by atoms with Crippen LogP contribution >= 0.6 is 24.0 Å². The molecule has 4 heterocycles. The third-order valence-corrected chi connectivity index (χ3v) is 6.72. The number of carbonyl (C=O) groups excluding carboxylic acids is 1. The van der Waals surface area contributed by atoms with E-state index in [1.807, 2.05) is 19.1 Å². The zero-order valence-corrected chi connectivity index (χ0v) is 19.2. The first-order valence-corrected chi connectivity index (χ1v) is 11.6. The molecule has 0 unspecified atom stereocenters. The highest BCUT2D eigenvalue weighted by Crippen LogP contribution is 2.34. The van der Waals surface area contributed by atoms with Crippen LogP contribution < -0.4 is 10.5 Å². The molecule has 0 aliphatic carbocycles. The number of rotatable bonds is 4. The minimum absolute atomic E-state index is 0.128. The molecule has 2 saturated heterocycles. The van der Waals surface area contributed by atoms with Crippen LogP contribution in [0.1, 0.15) is 44.2 Å². The van der Waals surface area contributed by atoms with Gasteiger partial charge in [-0.05, 0) is 49.8 Å². The van der Waals surface area contributed by atoms with Crippen molar-refractivity contribution >= 4 is 51.7 Å². The van der Waals surface area contributed by atoms with Crippen molar-refractivity contribution in [1.29, 1.82) is 0 Å². The van der Waals surface area contributed by atoms with Gasteiger partial charge in [-0.25, -0.2) is 4.98 Å². The number of carbonyl (C=O) groups is 1. The fraction of sp³-hybridized carbons (Fsp3) is 0.455. The van der Waals surface area contributed by atoms with Crippen LogP contribution in [-0.2, 0) is 4.79 Å². The minimum Gasteiger partial charge on any atom is -0.356 e. The summed E-state index contributed by atoms with van der Waals surface area (Å²) >= 11 is 6.70. The molecule has 2 aromatic rings. The lowest BCUT2D eigenvalue weighted by molar-refractivity contribution is -0.122. The van der Waals surface area contributed by atoms with Gasteiger partial charge in [-0.2, -0.15) is 0 Å². The van der Waals surface area contributed by atoms with E-state index in [-0.39, 0.29) is 11.5 Å². The number of thiocarbonyl (C=S) groups is 1. The van der Waals surface area contributed by atoms with E-state index < -0.39 is 0 Å². The number of anilines is 1. The number of hydrogen-bond donors (Lipinski definition) is 0. The second kappa shape index (κ2) is 8.51. The number of nitrogens with zero attached hydrogens (tertiary/aromatic N) is 4. The van der Waals surface area contributed by atoms with Gasteiger partial charge in [-0.15, -0.1) is 0 Å². The Labute approximate surface area is 186 Å². The summed E-state index contributed by atoms with van der Waals surface area (Å²) in [7, 11) is 0. The van der Waals surface area contributed by atoms with E-state index >= 15 is 0 Å². The molecule has 158 valence electrons. The van der Waals surface area contributed by atoms with Gasteiger partial charge in [0.05, 0.1) is 10.5 Å². The maximum absolute atomic E-state index is 13.5. The lowest BCUT2D eigenvalue weighted by Crippen LogP contribution is -2.34. The van der Waals surface area contributed by atoms with Crippen LogP contribution in [0.3, 0.4) is 0 Å². The van der Waals surface area contributed by atoms with E-state index in [1.165, 1.54) is 18.2 Å². The summed E-state index contributed by atoms with van der Waals surface area (Å²) < 4.78 is 2.12. The Morgan fingerprint density at radius 1 is 1.20 bits per heavy atom. The molecule has 6 nitrogen and oxygen atoms in total. The van der Waals surface area contributed by atoms with Crippen molar-refractivity contribution < 1.29 is 4.79 Å². The number of pyridine rings is 1. The van der Waals surface area contributed by atoms with Crippen LogP contribution in [0.15, 0.2) is 28.0 Å². The van der Waals surface area contributed by atoms with Gasteiger partial charge in [0.2, 0.25) is 0 Å². The number of aryl methyl sites for hydroxylation is 1. The number of hydrogen-bond acceptors (Lipinski definition) is 6. The molecule has 2 fully saturated rings. The minimum atomic E-state index is -0.154. The number of aromatic nitrogens is 2. The Morgan fingerprint density at radius 3 is 2.63 bits per heavy atom. The highest BCUT2D eigenvalue weighted by Gasteiger charge is 2.33. The highest BCUT2D eigenvalue weighted by atomic mass is 32.2. The normalized spacial score (nSPS) is 19.0. The van der Waals surface area contributed by atoms with Gasteiger partial charge in [-0.3, -0.25) is 18.9 Å². The molecule has 30 heavy (non-hydrogen) atoms. The lowest BCUT2D eigenvalue weighted by atomic mass is 10.1. The van der Waals surface area contributed by atoms with E-state index in [4.69, 9.17) is 17.2 Å². The fourth-order valence-electron chi connectivity index (χ4n) is 3.87. The molecular weight excluding hydrogens is 416 g/mol. The molecule has 0 radical (unpaired) electrons. The van der Waals surface area contributed by atoms with Gasteiger partial charge in [0.15, 0.2) is 0 Å². The quantitative estimate of drug-likeness (QED) is 0.530. The molecular formula is C22H26N4O2S2. The van der Waals surface area contributed by atoms with Crippen LogP contribution in [0, 0.1) is 12.8 Å². The Balaban J connectivity index is 1.85. The summed E-state index contributed by atoms with van der Waals surface area (Å²) in [4.78, 5) is 35.6. The Bertz CT molecular complexity index is 1100. The summed E-state index contributed by atoms with van der Waals surface area (Å²) in [5.41, 5.74) is 1.91. The monoisotopic (exact) mass is 442 g/mol. The molecule has 1 amide bonds.